The van der Waals surface area contributed by atoms with Crippen molar-refractivity contribution in [2.45, 2.75) is 6.04 Å². The number of nitrogens with zero attached hydrogens (tertiary/aromatic N) is 2. The zero-order valence-corrected chi connectivity index (χ0v) is 15.9. The lowest BCUT2D eigenvalue weighted by molar-refractivity contribution is 0.0162. The van der Waals surface area contributed by atoms with E-state index in [2.05, 4.69) is 32.5 Å². The second kappa shape index (κ2) is 8.41. The molecule has 2 heterocycles. The maximum absolute atomic E-state index is 12.8. The Labute approximate surface area is 163 Å². The van der Waals surface area contributed by atoms with Crippen LogP contribution >= 0.6 is 0 Å². The molecule has 7 nitrogen and oxygen atoms in total. The highest BCUT2D eigenvalue weighted by molar-refractivity contribution is 6.04. The van der Waals surface area contributed by atoms with Crippen molar-refractivity contribution >= 4 is 16.8 Å². The topological polar surface area (TPSA) is 79.5 Å². The largest absolute Gasteiger partial charge is 0.497 e. The molecular weight excluding hydrogens is 356 g/mol. The van der Waals surface area contributed by atoms with Crippen LogP contribution in [0.15, 0.2) is 48.5 Å². The molecule has 0 saturated carbocycles. The molecule has 2 N–H and O–H groups in total. The minimum absolute atomic E-state index is 0.0592. The van der Waals surface area contributed by atoms with Gasteiger partial charge in [0.15, 0.2) is 5.69 Å². The number of aromatic amines is 1. The molecule has 1 aromatic heterocycles. The van der Waals surface area contributed by atoms with Crippen molar-refractivity contribution < 1.29 is 14.3 Å². The van der Waals surface area contributed by atoms with Crippen LogP contribution in [0, 0.1) is 0 Å². The average molecular weight is 380 g/mol. The summed E-state index contributed by atoms with van der Waals surface area (Å²) in [6.45, 7) is 3.55. The molecule has 1 saturated heterocycles. The molecule has 1 aliphatic rings. The molecule has 3 aromatic rings. The lowest BCUT2D eigenvalue weighted by Crippen LogP contribution is -2.43. The third-order valence-corrected chi connectivity index (χ3v) is 5.13. The summed E-state index contributed by atoms with van der Waals surface area (Å²) in [7, 11) is 1.66. The van der Waals surface area contributed by atoms with Crippen LogP contribution in [0.2, 0.25) is 0 Å². The maximum atomic E-state index is 12.8. The molecule has 2 aromatic carbocycles. The molecule has 1 unspecified atom stereocenters. The third-order valence-electron chi connectivity index (χ3n) is 5.13. The van der Waals surface area contributed by atoms with E-state index in [0.29, 0.717) is 25.5 Å². The van der Waals surface area contributed by atoms with Crippen molar-refractivity contribution in [1.29, 1.82) is 0 Å². The number of methoxy groups -OCH3 is 1. The predicted molar refractivity (Wildman–Crippen MR) is 107 cm³/mol. The second-order valence-corrected chi connectivity index (χ2v) is 6.77. The monoisotopic (exact) mass is 380 g/mol. The summed E-state index contributed by atoms with van der Waals surface area (Å²) >= 11 is 0. The average Bonchev–Trinajstić information content (AvgIpc) is 3.19. The number of hydrogen-bond donors (Lipinski definition) is 2. The standard InChI is InChI=1S/C21H24N4O3/c1-27-16-8-6-15(7-9-16)19(25-10-12-28-13-11-25)14-22-21(26)20-17-4-2-3-5-18(17)23-24-20/h2-9,19H,10-14H2,1H3,(H,22,26)(H,23,24). The molecule has 0 spiro atoms. The Morgan fingerprint density at radius 1 is 1.21 bits per heavy atom. The summed E-state index contributed by atoms with van der Waals surface area (Å²) in [6, 6.07) is 15.7. The first-order chi connectivity index (χ1) is 13.8. The van der Waals surface area contributed by atoms with Gasteiger partial charge in [-0.3, -0.25) is 14.8 Å². The Hall–Kier alpha value is -2.90. The van der Waals surface area contributed by atoms with Crippen LogP contribution in [0.3, 0.4) is 0 Å². The van der Waals surface area contributed by atoms with Gasteiger partial charge < -0.3 is 14.8 Å². The normalized spacial score (nSPS) is 16.0. The molecular formula is C21H24N4O3. The lowest BCUT2D eigenvalue weighted by atomic mass is 10.0. The number of morpholine rings is 1. The van der Waals surface area contributed by atoms with Crippen LogP contribution in [0.1, 0.15) is 22.1 Å². The SMILES string of the molecule is COc1ccc(C(CNC(=O)c2n[nH]c3ccccc23)N2CCOCC2)cc1. The van der Waals surface area contributed by atoms with Crippen LogP contribution in [0.4, 0.5) is 0 Å². The van der Waals surface area contributed by atoms with Crippen LogP contribution in [-0.2, 0) is 4.74 Å². The van der Waals surface area contributed by atoms with Gasteiger partial charge in [0, 0.05) is 25.0 Å². The third kappa shape index (κ3) is 3.85. The van der Waals surface area contributed by atoms with E-state index in [1.54, 1.807) is 7.11 Å². The predicted octanol–water partition coefficient (Wildman–Crippen LogP) is 2.37. The highest BCUT2D eigenvalue weighted by Gasteiger charge is 2.24. The fourth-order valence-corrected chi connectivity index (χ4v) is 3.58. The summed E-state index contributed by atoms with van der Waals surface area (Å²) in [4.78, 5) is 15.1. The van der Waals surface area contributed by atoms with Crippen molar-refractivity contribution in [3.63, 3.8) is 0 Å². The molecule has 1 amide bonds. The van der Waals surface area contributed by atoms with Crippen molar-refractivity contribution in [2.75, 3.05) is 40.0 Å². The van der Waals surface area contributed by atoms with Gasteiger partial charge in [-0.25, -0.2) is 0 Å². The Kier molecular flexibility index (Phi) is 5.55. The lowest BCUT2D eigenvalue weighted by Gasteiger charge is -2.35. The fraction of sp³-hybridized carbons (Fsp3) is 0.333. The number of fused-ring (bicyclic) bond motifs is 1. The molecule has 146 valence electrons. The van der Waals surface area contributed by atoms with Crippen LogP contribution < -0.4 is 10.1 Å². The Morgan fingerprint density at radius 2 is 1.96 bits per heavy atom. The zero-order valence-electron chi connectivity index (χ0n) is 15.9. The summed E-state index contributed by atoms with van der Waals surface area (Å²) in [6.07, 6.45) is 0. The molecule has 1 fully saturated rings. The number of H-pyrrole nitrogens is 1. The van der Waals surface area contributed by atoms with Gasteiger partial charge in [-0.15, -0.1) is 0 Å². The van der Waals surface area contributed by atoms with Gasteiger partial charge in [0.05, 0.1) is 31.9 Å². The molecule has 4 rings (SSSR count). The number of amides is 1. The van der Waals surface area contributed by atoms with Crippen LogP contribution in [-0.4, -0.2) is 61.0 Å². The smallest absolute Gasteiger partial charge is 0.272 e. The summed E-state index contributed by atoms with van der Waals surface area (Å²) in [5.41, 5.74) is 2.41. The van der Waals surface area contributed by atoms with Gasteiger partial charge in [-0.2, -0.15) is 5.10 Å². The number of carbonyl (C=O) groups excluding carboxylic acids is 1. The molecule has 28 heavy (non-hydrogen) atoms. The van der Waals surface area contributed by atoms with Crippen molar-refractivity contribution in [2.24, 2.45) is 0 Å². The van der Waals surface area contributed by atoms with E-state index in [9.17, 15) is 4.79 Å². The van der Waals surface area contributed by atoms with E-state index in [4.69, 9.17) is 9.47 Å². The number of ether oxygens (including phenoxy) is 2. The van der Waals surface area contributed by atoms with Gasteiger partial charge in [0.1, 0.15) is 5.75 Å². The number of aromatic nitrogens is 2. The number of hydrogen-bond acceptors (Lipinski definition) is 5. The van der Waals surface area contributed by atoms with E-state index in [0.717, 1.165) is 35.3 Å². The summed E-state index contributed by atoms with van der Waals surface area (Å²) in [5.74, 6) is 0.640. The van der Waals surface area contributed by atoms with Gasteiger partial charge in [-0.05, 0) is 23.8 Å². The number of carbonyl (C=O) groups is 1. The van der Waals surface area contributed by atoms with E-state index in [-0.39, 0.29) is 11.9 Å². The number of nitrogens with one attached hydrogen (secondary N) is 2. The van der Waals surface area contributed by atoms with E-state index in [1.807, 2.05) is 36.4 Å². The first-order valence-corrected chi connectivity index (χ1v) is 9.43. The molecule has 0 radical (unpaired) electrons. The van der Waals surface area contributed by atoms with Crippen LogP contribution in [0.5, 0.6) is 5.75 Å². The zero-order chi connectivity index (χ0) is 19.3. The van der Waals surface area contributed by atoms with E-state index in [1.165, 1.54) is 0 Å². The summed E-state index contributed by atoms with van der Waals surface area (Å²) in [5, 5.41) is 11.0. The Bertz CT molecular complexity index is 932. The van der Waals surface area contributed by atoms with E-state index < -0.39 is 0 Å². The maximum Gasteiger partial charge on any atom is 0.272 e. The van der Waals surface area contributed by atoms with E-state index >= 15 is 0 Å². The highest BCUT2D eigenvalue weighted by atomic mass is 16.5. The second-order valence-electron chi connectivity index (χ2n) is 6.77. The quantitative estimate of drug-likeness (QED) is 0.686. The fourth-order valence-electron chi connectivity index (χ4n) is 3.58. The molecule has 1 aliphatic heterocycles. The Morgan fingerprint density at radius 3 is 2.71 bits per heavy atom. The summed E-state index contributed by atoms with van der Waals surface area (Å²) < 4.78 is 10.8. The van der Waals surface area contributed by atoms with Crippen molar-refractivity contribution in [1.82, 2.24) is 20.4 Å². The first kappa shape index (κ1) is 18.5. The van der Waals surface area contributed by atoms with Gasteiger partial charge in [0.2, 0.25) is 0 Å². The molecule has 1 atom stereocenters. The van der Waals surface area contributed by atoms with Crippen molar-refractivity contribution in [3.8, 4) is 5.75 Å². The van der Waals surface area contributed by atoms with Gasteiger partial charge >= 0.3 is 0 Å². The molecule has 0 aliphatic carbocycles. The minimum Gasteiger partial charge on any atom is -0.497 e. The highest BCUT2D eigenvalue weighted by Crippen LogP contribution is 2.24. The number of rotatable bonds is 6. The Balaban J connectivity index is 1.52. The molecule has 7 heteroatoms. The van der Waals surface area contributed by atoms with Gasteiger partial charge in [0.25, 0.3) is 5.91 Å². The minimum atomic E-state index is -0.177. The van der Waals surface area contributed by atoms with Crippen LogP contribution in [0.25, 0.3) is 10.9 Å². The van der Waals surface area contributed by atoms with Crippen molar-refractivity contribution in [3.05, 3.63) is 59.8 Å². The first-order valence-electron chi connectivity index (χ1n) is 9.43. The number of para-hydroxylation sites is 1. The van der Waals surface area contributed by atoms with Gasteiger partial charge in [-0.1, -0.05) is 30.3 Å². The number of benzene rings is 2. The molecule has 0 bridgehead atoms.